The Balaban J connectivity index is 1.14. The first kappa shape index (κ1) is 43.0. The molecule has 0 spiro atoms. The molecule has 4 aromatic rings. The first-order chi connectivity index (χ1) is 29.6. The highest BCUT2D eigenvalue weighted by atomic mass is 32.2. The van der Waals surface area contributed by atoms with Gasteiger partial charge in [0, 0.05) is 51.8 Å². The van der Waals surface area contributed by atoms with Crippen LogP contribution < -0.4 is 14.8 Å². The van der Waals surface area contributed by atoms with E-state index in [0.29, 0.717) is 34.6 Å². The van der Waals surface area contributed by atoms with Crippen LogP contribution in [0, 0.1) is 25.2 Å². The molecule has 4 aromatic carbocycles. The number of rotatable bonds is 10. The molecule has 4 aliphatic rings. The molecule has 1 saturated heterocycles. The van der Waals surface area contributed by atoms with Gasteiger partial charge in [0.2, 0.25) is 0 Å². The van der Waals surface area contributed by atoms with Crippen LogP contribution in [0.3, 0.4) is 0 Å². The molecule has 0 saturated carbocycles. The van der Waals surface area contributed by atoms with E-state index in [9.17, 15) is 30.2 Å². The van der Waals surface area contributed by atoms with Gasteiger partial charge in [-0.25, -0.2) is 9.59 Å². The lowest BCUT2D eigenvalue weighted by Gasteiger charge is -2.59. The molecule has 3 heterocycles. The summed E-state index contributed by atoms with van der Waals surface area (Å²) in [6, 6.07) is 16.9. The second-order valence-electron chi connectivity index (χ2n) is 17.7. The van der Waals surface area contributed by atoms with Crippen molar-refractivity contribution in [2.45, 2.75) is 95.2 Å². The van der Waals surface area contributed by atoms with Crippen LogP contribution in [0.25, 0.3) is 11.1 Å². The first-order valence-electron chi connectivity index (χ1n) is 20.9. The van der Waals surface area contributed by atoms with Gasteiger partial charge in [0.25, 0.3) is 0 Å². The Hall–Kier alpha value is -5.62. The van der Waals surface area contributed by atoms with Gasteiger partial charge in [0.1, 0.15) is 30.0 Å². The Morgan fingerprint density at radius 1 is 0.919 bits per heavy atom. The minimum atomic E-state index is -1.13. The Morgan fingerprint density at radius 2 is 1.55 bits per heavy atom. The number of phenolic OH excluding ortho intramolecular Hbond substituents is 3. The van der Waals surface area contributed by atoms with E-state index in [1.54, 1.807) is 27.7 Å². The number of nitriles is 1. The van der Waals surface area contributed by atoms with E-state index in [4.69, 9.17) is 18.9 Å². The standard InChI is InChI=1S/C48H54N4O9S/c1-24-17-26-18-34-36(20-49)52-35(40(51(34)6)38(26)42(54)44(24)58-7)19-31-39(43(55)45(59-8)25(2)41(31)53)37(52)21-60-46(56)33(50-47(57)61-48(3,4)5)23-62-22-32-29-15-11-9-13-27(29)28-14-10-12-16-30(28)32/h9-17,32-37,40,53-55H,18-19,21-23H2,1-8H3,(H,50,57)/t33-,34+,35?,36+,37+,40+/m1/s1. The number of thioether (sulfide) groups is 1. The number of carbonyl (C=O) groups is 2. The maximum atomic E-state index is 14.4. The van der Waals surface area contributed by atoms with Crippen LogP contribution in [0.1, 0.15) is 83.3 Å². The molecule has 62 heavy (non-hydrogen) atoms. The Kier molecular flexibility index (Phi) is 11.5. The molecular formula is C48H54N4O9S. The summed E-state index contributed by atoms with van der Waals surface area (Å²) >= 11 is 1.51. The number of nitrogens with one attached hydrogen (secondary N) is 1. The second kappa shape index (κ2) is 16.6. The van der Waals surface area contributed by atoms with Gasteiger partial charge in [-0.05, 0) is 87.9 Å². The predicted octanol–water partition coefficient (Wildman–Crippen LogP) is 7.19. The summed E-state index contributed by atoms with van der Waals surface area (Å²) < 4.78 is 23.1. The number of phenols is 3. The van der Waals surface area contributed by atoms with Crippen LogP contribution in [0.5, 0.6) is 28.7 Å². The van der Waals surface area contributed by atoms with Crippen LogP contribution in [-0.4, -0.2) is 106 Å². The fourth-order valence-electron chi connectivity index (χ4n) is 10.4. The zero-order chi connectivity index (χ0) is 44.4. The lowest BCUT2D eigenvalue weighted by Crippen LogP contribution is -2.68. The molecular weight excluding hydrogens is 809 g/mol. The quantitative estimate of drug-likeness (QED) is 0.0933. The lowest BCUT2D eigenvalue weighted by molar-refractivity contribution is -0.151. The van der Waals surface area contributed by atoms with Crippen LogP contribution >= 0.6 is 11.8 Å². The van der Waals surface area contributed by atoms with Gasteiger partial charge >= 0.3 is 12.1 Å². The molecule has 1 unspecified atom stereocenters. The maximum Gasteiger partial charge on any atom is 0.408 e. The van der Waals surface area contributed by atoms with Crippen LogP contribution in [-0.2, 0) is 27.1 Å². The Bertz CT molecular complexity index is 2430. The highest BCUT2D eigenvalue weighted by molar-refractivity contribution is 7.99. The number of esters is 1. The van der Waals surface area contributed by atoms with Crippen molar-refractivity contribution in [3.63, 3.8) is 0 Å². The van der Waals surface area contributed by atoms with E-state index in [1.807, 2.05) is 49.2 Å². The third kappa shape index (κ3) is 7.23. The van der Waals surface area contributed by atoms with Gasteiger partial charge in [-0.3, -0.25) is 9.80 Å². The lowest BCUT2D eigenvalue weighted by atomic mass is 9.71. The van der Waals surface area contributed by atoms with Gasteiger partial charge in [-0.1, -0.05) is 54.6 Å². The van der Waals surface area contributed by atoms with E-state index in [0.717, 1.165) is 11.1 Å². The molecule has 4 N–H and O–H groups in total. The van der Waals surface area contributed by atoms with Crippen molar-refractivity contribution in [3.05, 3.63) is 99.1 Å². The fourth-order valence-corrected chi connectivity index (χ4v) is 11.6. The molecule has 14 heteroatoms. The van der Waals surface area contributed by atoms with Crippen LogP contribution in [0.15, 0.2) is 54.6 Å². The molecule has 326 valence electrons. The molecule has 13 nitrogen and oxygen atoms in total. The van der Waals surface area contributed by atoms with Gasteiger partial charge in [-0.2, -0.15) is 17.0 Å². The van der Waals surface area contributed by atoms with Crippen molar-refractivity contribution >= 4 is 23.8 Å². The number of benzene rings is 4. The van der Waals surface area contributed by atoms with E-state index in [-0.39, 0.29) is 59.3 Å². The van der Waals surface area contributed by atoms with Crippen LogP contribution in [0.2, 0.25) is 0 Å². The van der Waals surface area contributed by atoms with Crippen molar-refractivity contribution in [2.24, 2.45) is 0 Å². The topological polar surface area (TPSA) is 174 Å². The largest absolute Gasteiger partial charge is 0.507 e. The van der Waals surface area contributed by atoms with Gasteiger partial charge in [0.05, 0.1) is 32.4 Å². The summed E-state index contributed by atoms with van der Waals surface area (Å²) in [7, 11) is 4.84. The summed E-state index contributed by atoms with van der Waals surface area (Å²) in [5.74, 6) is 0.266. The van der Waals surface area contributed by atoms with Crippen LogP contribution in [0.4, 0.5) is 4.79 Å². The van der Waals surface area contributed by atoms with Crippen molar-refractivity contribution in [1.29, 1.82) is 5.26 Å². The number of hydrogen-bond acceptors (Lipinski definition) is 13. The third-order valence-electron chi connectivity index (χ3n) is 13.0. The first-order valence-corrected chi connectivity index (χ1v) is 22.1. The molecule has 0 aromatic heterocycles. The monoisotopic (exact) mass is 862 g/mol. The number of hydrogen-bond donors (Lipinski definition) is 4. The molecule has 3 aliphatic heterocycles. The molecule has 1 aliphatic carbocycles. The molecule has 1 fully saturated rings. The van der Waals surface area contributed by atoms with Gasteiger partial charge < -0.3 is 39.6 Å². The van der Waals surface area contributed by atoms with Crippen molar-refractivity contribution in [2.75, 3.05) is 39.4 Å². The molecule has 0 radical (unpaired) electrons. The maximum absolute atomic E-state index is 14.4. The number of likely N-dealkylation sites (N-methyl/N-ethyl adjacent to an activating group) is 1. The molecule has 8 rings (SSSR count). The normalized spacial score (nSPS) is 21.9. The number of carbonyl (C=O) groups excluding carboxylic acids is 2. The van der Waals surface area contributed by atoms with Crippen molar-refractivity contribution in [3.8, 4) is 45.9 Å². The number of amides is 1. The summed E-state index contributed by atoms with van der Waals surface area (Å²) in [6.07, 6.45) is -0.153. The summed E-state index contributed by atoms with van der Waals surface area (Å²) in [6.45, 7) is 8.40. The highest BCUT2D eigenvalue weighted by Gasteiger charge is 2.56. The number of aromatic hydroxyl groups is 3. The van der Waals surface area contributed by atoms with E-state index in [2.05, 4.69) is 40.6 Å². The summed E-state index contributed by atoms with van der Waals surface area (Å²) in [5.41, 5.74) is 7.31. The summed E-state index contributed by atoms with van der Waals surface area (Å²) in [4.78, 5) is 31.8. The zero-order valence-corrected chi connectivity index (χ0v) is 37.1. The number of piperazine rings is 1. The number of ether oxygens (including phenoxy) is 4. The third-order valence-corrected chi connectivity index (χ3v) is 14.1. The second-order valence-corrected chi connectivity index (χ2v) is 18.8. The summed E-state index contributed by atoms with van der Waals surface area (Å²) in [5, 5.41) is 49.3. The zero-order valence-electron chi connectivity index (χ0n) is 36.3. The van der Waals surface area contributed by atoms with E-state index >= 15 is 0 Å². The Labute approximate surface area is 366 Å². The minimum absolute atomic E-state index is 0.0121. The van der Waals surface area contributed by atoms with Crippen molar-refractivity contribution < 1.29 is 43.9 Å². The van der Waals surface area contributed by atoms with Gasteiger partial charge in [0.15, 0.2) is 23.0 Å². The molecule has 2 bridgehead atoms. The van der Waals surface area contributed by atoms with Crippen molar-refractivity contribution in [1.82, 2.24) is 15.1 Å². The average molecular weight is 863 g/mol. The smallest absolute Gasteiger partial charge is 0.408 e. The minimum Gasteiger partial charge on any atom is -0.507 e. The molecule has 1 amide bonds. The number of methoxy groups -OCH3 is 2. The van der Waals surface area contributed by atoms with Gasteiger partial charge in [-0.15, -0.1) is 0 Å². The fraction of sp³-hybridized carbons (Fsp3) is 0.438. The Morgan fingerprint density at radius 3 is 2.16 bits per heavy atom. The van der Waals surface area contributed by atoms with E-state index < -0.39 is 47.9 Å². The number of alkyl carbamates (subject to hydrolysis) is 1. The molecule has 6 atom stereocenters. The van der Waals surface area contributed by atoms with E-state index in [1.165, 1.54) is 48.2 Å². The SMILES string of the molecule is COc1c(C)cc2c(c1O)[C@@H]1C3Cc4c(O)c(C)c(OC)c(O)c4[C@H](COC(=O)[C@@H](CSCC4c5ccccc5-c5ccccc54)NC(=O)OC(C)(C)C)N3[C@@H](C#N)[C@H](C2)N1C. The highest BCUT2D eigenvalue weighted by Crippen LogP contribution is 2.57. The number of fused-ring (bicyclic) bond motifs is 10. The predicted molar refractivity (Wildman–Crippen MR) is 235 cm³/mol. The number of nitrogens with zero attached hydrogens (tertiary/aromatic N) is 3. The number of aryl methyl sites for hydroxylation is 1. The average Bonchev–Trinajstić information content (AvgIpc) is 3.54.